The fourth-order valence-electron chi connectivity index (χ4n) is 1.60. The van der Waals surface area contributed by atoms with Gasteiger partial charge in [0.25, 0.3) is 0 Å². The van der Waals surface area contributed by atoms with Crippen LogP contribution in [0.3, 0.4) is 0 Å². The molecule has 2 N–H and O–H groups in total. The maximum absolute atomic E-state index is 11.0. The van der Waals surface area contributed by atoms with Crippen molar-refractivity contribution < 1.29 is 13.2 Å². The molecule has 6 nitrogen and oxygen atoms in total. The van der Waals surface area contributed by atoms with E-state index in [1.54, 1.807) is 14.2 Å². The normalized spacial score (nSPS) is 12.1. The Morgan fingerprint density at radius 1 is 1.30 bits per heavy atom. The van der Waals surface area contributed by atoms with E-state index in [2.05, 4.69) is 15.6 Å². The molecule has 1 aromatic rings. The second-order valence-electron chi connectivity index (χ2n) is 4.29. The minimum absolute atomic E-state index is 0.0718. The van der Waals surface area contributed by atoms with Crippen LogP contribution in [0.1, 0.15) is 5.56 Å². The van der Waals surface area contributed by atoms with Crippen LogP contribution in [0.2, 0.25) is 0 Å². The molecule has 0 spiro atoms. The number of nitrogens with zero attached hydrogens (tertiary/aromatic N) is 1. The third-order valence-corrected chi connectivity index (χ3v) is 3.57. The molecule has 0 saturated heterocycles. The smallest absolute Gasteiger partial charge is 0.191 e. The summed E-state index contributed by atoms with van der Waals surface area (Å²) in [7, 11) is 0.289. The van der Waals surface area contributed by atoms with Crippen LogP contribution < -0.4 is 15.4 Å². The fraction of sp³-hybridized carbons (Fsp3) is 0.462. The standard InChI is InChI=1S/C13H21N3O3S/c1-14-13(15-8-9-20(3,17)18)16-10-11-6-4-5-7-12(11)19-2/h4-7H,8-10H2,1-3H3,(H2,14,15,16). The van der Waals surface area contributed by atoms with Gasteiger partial charge in [0.15, 0.2) is 5.96 Å². The highest BCUT2D eigenvalue weighted by molar-refractivity contribution is 7.90. The van der Waals surface area contributed by atoms with Gasteiger partial charge in [0.1, 0.15) is 15.6 Å². The molecule has 20 heavy (non-hydrogen) atoms. The van der Waals surface area contributed by atoms with Gasteiger partial charge in [0, 0.05) is 32.0 Å². The molecule has 0 amide bonds. The SMILES string of the molecule is CN=C(NCCS(C)(=O)=O)NCc1ccccc1OC. The number of benzene rings is 1. The van der Waals surface area contributed by atoms with E-state index < -0.39 is 9.84 Å². The first-order valence-electron chi connectivity index (χ1n) is 6.20. The lowest BCUT2D eigenvalue weighted by Gasteiger charge is -2.13. The largest absolute Gasteiger partial charge is 0.496 e. The Labute approximate surface area is 120 Å². The van der Waals surface area contributed by atoms with Gasteiger partial charge in [-0.2, -0.15) is 0 Å². The molecule has 0 saturated carbocycles. The van der Waals surface area contributed by atoms with Crippen LogP contribution in [-0.2, 0) is 16.4 Å². The molecule has 0 radical (unpaired) electrons. The molecule has 0 bridgehead atoms. The Balaban J connectivity index is 2.50. The van der Waals surface area contributed by atoms with Crippen molar-refractivity contribution in [2.75, 3.05) is 32.7 Å². The van der Waals surface area contributed by atoms with Crippen LogP contribution in [0.4, 0.5) is 0 Å². The first kappa shape index (κ1) is 16.3. The lowest BCUT2D eigenvalue weighted by molar-refractivity contribution is 0.409. The van der Waals surface area contributed by atoms with Crippen molar-refractivity contribution in [3.63, 3.8) is 0 Å². The van der Waals surface area contributed by atoms with Crippen LogP contribution in [0.25, 0.3) is 0 Å². The summed E-state index contributed by atoms with van der Waals surface area (Å²) in [6, 6.07) is 7.67. The highest BCUT2D eigenvalue weighted by Gasteiger charge is 2.05. The zero-order valence-electron chi connectivity index (χ0n) is 12.0. The zero-order valence-corrected chi connectivity index (χ0v) is 12.8. The molecule has 0 aliphatic rings. The summed E-state index contributed by atoms with van der Waals surface area (Å²) < 4.78 is 27.4. The van der Waals surface area contributed by atoms with Gasteiger partial charge < -0.3 is 15.4 Å². The number of sulfone groups is 1. The number of ether oxygens (including phenoxy) is 1. The average molecular weight is 299 g/mol. The monoisotopic (exact) mass is 299 g/mol. The zero-order chi connectivity index (χ0) is 15.0. The van der Waals surface area contributed by atoms with Crippen LogP contribution >= 0.6 is 0 Å². The summed E-state index contributed by atoms with van der Waals surface area (Å²) in [5.74, 6) is 1.42. The van der Waals surface area contributed by atoms with Gasteiger partial charge in [-0.25, -0.2) is 8.42 Å². The predicted octanol–water partition coefficient (Wildman–Crippen LogP) is 0.405. The summed E-state index contributed by atoms with van der Waals surface area (Å²) in [5.41, 5.74) is 1.00. The number of methoxy groups -OCH3 is 1. The molecule has 0 aromatic heterocycles. The minimum Gasteiger partial charge on any atom is -0.496 e. The number of rotatable bonds is 6. The highest BCUT2D eigenvalue weighted by atomic mass is 32.2. The second kappa shape index (κ2) is 7.74. The van der Waals surface area contributed by atoms with Gasteiger partial charge in [0.2, 0.25) is 0 Å². The number of guanidine groups is 1. The quantitative estimate of drug-likeness (QED) is 0.587. The first-order valence-corrected chi connectivity index (χ1v) is 8.26. The molecule has 0 aliphatic carbocycles. The van der Waals surface area contributed by atoms with Crippen LogP contribution in [0.15, 0.2) is 29.3 Å². The number of hydrogen-bond donors (Lipinski definition) is 2. The Morgan fingerprint density at radius 3 is 2.60 bits per heavy atom. The van der Waals surface area contributed by atoms with Crippen molar-refractivity contribution in [1.29, 1.82) is 0 Å². The lowest BCUT2D eigenvalue weighted by atomic mass is 10.2. The maximum Gasteiger partial charge on any atom is 0.191 e. The number of para-hydroxylation sites is 1. The summed E-state index contributed by atoms with van der Waals surface area (Å²) in [6.07, 6.45) is 1.21. The molecule has 1 rings (SSSR count). The van der Waals surface area contributed by atoms with E-state index in [1.165, 1.54) is 6.26 Å². The van der Waals surface area contributed by atoms with Gasteiger partial charge in [0.05, 0.1) is 12.9 Å². The van der Waals surface area contributed by atoms with E-state index in [4.69, 9.17) is 4.74 Å². The van der Waals surface area contributed by atoms with Crippen LogP contribution in [0.5, 0.6) is 5.75 Å². The lowest BCUT2D eigenvalue weighted by Crippen LogP contribution is -2.39. The number of aliphatic imine (C=N–C) groups is 1. The molecule has 0 unspecified atom stereocenters. The Bertz CT molecular complexity index is 556. The Morgan fingerprint density at radius 2 is 2.00 bits per heavy atom. The Kier molecular flexibility index (Phi) is 6.30. The summed E-state index contributed by atoms with van der Waals surface area (Å²) in [5, 5.41) is 6.06. The van der Waals surface area contributed by atoms with Gasteiger partial charge in [-0.05, 0) is 6.07 Å². The number of hydrogen-bond acceptors (Lipinski definition) is 4. The average Bonchev–Trinajstić information content (AvgIpc) is 2.41. The van der Waals surface area contributed by atoms with E-state index in [1.807, 2.05) is 24.3 Å². The van der Waals surface area contributed by atoms with Crippen molar-refractivity contribution in [3.8, 4) is 5.75 Å². The number of nitrogens with one attached hydrogen (secondary N) is 2. The molecule has 0 fully saturated rings. The second-order valence-corrected chi connectivity index (χ2v) is 6.55. The van der Waals surface area contributed by atoms with Crippen LogP contribution in [0, 0.1) is 0 Å². The summed E-state index contributed by atoms with van der Waals surface area (Å²) in [6.45, 7) is 0.868. The van der Waals surface area contributed by atoms with Gasteiger partial charge >= 0.3 is 0 Å². The predicted molar refractivity (Wildman–Crippen MR) is 80.9 cm³/mol. The molecule has 0 heterocycles. The third kappa shape index (κ3) is 5.92. The van der Waals surface area contributed by atoms with Crippen LogP contribution in [-0.4, -0.2) is 47.1 Å². The van der Waals surface area contributed by atoms with Crippen molar-refractivity contribution in [2.24, 2.45) is 4.99 Å². The topological polar surface area (TPSA) is 79.8 Å². The molecular weight excluding hydrogens is 278 g/mol. The molecular formula is C13H21N3O3S. The third-order valence-electron chi connectivity index (χ3n) is 2.63. The summed E-state index contributed by atoms with van der Waals surface area (Å²) in [4.78, 5) is 4.04. The molecule has 112 valence electrons. The van der Waals surface area contributed by atoms with Crippen molar-refractivity contribution in [2.45, 2.75) is 6.54 Å². The van der Waals surface area contributed by atoms with Gasteiger partial charge in [-0.15, -0.1) is 0 Å². The van der Waals surface area contributed by atoms with Gasteiger partial charge in [-0.1, -0.05) is 18.2 Å². The van der Waals surface area contributed by atoms with Gasteiger partial charge in [-0.3, -0.25) is 4.99 Å². The molecule has 0 atom stereocenters. The minimum atomic E-state index is -2.97. The molecule has 1 aromatic carbocycles. The van der Waals surface area contributed by atoms with Crippen molar-refractivity contribution >= 4 is 15.8 Å². The maximum atomic E-state index is 11.0. The molecule has 0 aliphatic heterocycles. The van der Waals surface area contributed by atoms with Crippen molar-refractivity contribution in [1.82, 2.24) is 10.6 Å². The first-order chi connectivity index (χ1) is 9.46. The van der Waals surface area contributed by atoms with E-state index in [-0.39, 0.29) is 5.75 Å². The molecule has 7 heteroatoms. The van der Waals surface area contributed by atoms with E-state index >= 15 is 0 Å². The van der Waals surface area contributed by atoms with E-state index in [0.29, 0.717) is 19.0 Å². The Hall–Kier alpha value is -1.76. The van der Waals surface area contributed by atoms with E-state index in [0.717, 1.165) is 11.3 Å². The fourth-order valence-corrected chi connectivity index (χ4v) is 2.08. The highest BCUT2D eigenvalue weighted by Crippen LogP contribution is 2.16. The van der Waals surface area contributed by atoms with E-state index in [9.17, 15) is 8.42 Å². The summed E-state index contributed by atoms with van der Waals surface area (Å²) >= 11 is 0. The van der Waals surface area contributed by atoms with Crippen molar-refractivity contribution in [3.05, 3.63) is 29.8 Å².